The minimum absolute atomic E-state index is 0.327. The van der Waals surface area contributed by atoms with Gasteiger partial charge in [0.1, 0.15) is 10.7 Å². The van der Waals surface area contributed by atoms with Crippen molar-refractivity contribution < 1.29 is 9.84 Å². The molecule has 4 nitrogen and oxygen atoms in total. The molecule has 0 unspecified atom stereocenters. The maximum absolute atomic E-state index is 9.78. The number of hydrogen-bond donors (Lipinski definition) is 2. The first-order valence-corrected chi connectivity index (χ1v) is 6.51. The molecular formula is C14H22N2O2S. The number of likely N-dealkylation sites (N-methyl/N-ethyl adjacent to an activating group) is 1. The Kier molecular flexibility index (Phi) is 5.29. The van der Waals surface area contributed by atoms with Crippen LogP contribution in [0.1, 0.15) is 25.0 Å². The minimum Gasteiger partial charge on any atom is -0.496 e. The molecule has 1 aromatic carbocycles. The molecule has 0 bridgehead atoms. The predicted octanol–water partition coefficient (Wildman–Crippen LogP) is 1.53. The highest BCUT2D eigenvalue weighted by Gasteiger charge is 2.16. The molecule has 0 saturated carbocycles. The number of ether oxygens (including phenoxy) is 1. The van der Waals surface area contributed by atoms with Crippen molar-refractivity contribution in [2.24, 2.45) is 5.73 Å². The molecule has 0 spiro atoms. The molecule has 5 heteroatoms. The number of hydrogen-bond acceptors (Lipinski definition) is 4. The van der Waals surface area contributed by atoms with Crippen LogP contribution in [0.4, 0.5) is 0 Å². The second-order valence-electron chi connectivity index (χ2n) is 5.38. The molecule has 106 valence electrons. The van der Waals surface area contributed by atoms with Crippen LogP contribution in [0.2, 0.25) is 0 Å². The van der Waals surface area contributed by atoms with Crippen molar-refractivity contribution in [3.05, 3.63) is 29.3 Å². The van der Waals surface area contributed by atoms with E-state index in [-0.39, 0.29) is 0 Å². The molecular weight excluding hydrogens is 260 g/mol. The predicted molar refractivity (Wildman–Crippen MR) is 81.5 cm³/mol. The van der Waals surface area contributed by atoms with Crippen LogP contribution in [-0.4, -0.2) is 41.3 Å². The molecule has 0 aliphatic heterocycles. The van der Waals surface area contributed by atoms with Crippen molar-refractivity contribution in [1.29, 1.82) is 0 Å². The van der Waals surface area contributed by atoms with E-state index in [1.807, 2.05) is 25.2 Å². The van der Waals surface area contributed by atoms with Gasteiger partial charge in [-0.2, -0.15) is 0 Å². The highest BCUT2D eigenvalue weighted by Crippen LogP contribution is 2.21. The standard InChI is InChI=1S/C14H22N2O2S/c1-14(2,17)9-16(3)8-10-5-6-11(13(15)19)12(7-10)18-4/h5-7,17H,8-9H2,1-4H3,(H2,15,19). The summed E-state index contributed by atoms with van der Waals surface area (Å²) in [5.74, 6) is 0.682. The van der Waals surface area contributed by atoms with E-state index in [1.165, 1.54) is 0 Å². The van der Waals surface area contributed by atoms with Gasteiger partial charge in [0.25, 0.3) is 0 Å². The number of thiocarbonyl (C=S) groups is 1. The second kappa shape index (κ2) is 6.32. The van der Waals surface area contributed by atoms with Crippen molar-refractivity contribution in [2.45, 2.75) is 26.0 Å². The van der Waals surface area contributed by atoms with E-state index in [1.54, 1.807) is 21.0 Å². The van der Waals surface area contributed by atoms with Gasteiger partial charge in [0.05, 0.1) is 18.3 Å². The van der Waals surface area contributed by atoms with Gasteiger partial charge in [0.2, 0.25) is 0 Å². The smallest absolute Gasteiger partial charge is 0.129 e. The summed E-state index contributed by atoms with van der Waals surface area (Å²) in [5.41, 5.74) is 6.75. The molecule has 0 heterocycles. The summed E-state index contributed by atoms with van der Waals surface area (Å²) in [4.78, 5) is 2.38. The summed E-state index contributed by atoms with van der Waals surface area (Å²) in [5, 5.41) is 9.78. The molecule has 0 atom stereocenters. The normalized spacial score (nSPS) is 11.7. The Morgan fingerprint density at radius 2 is 2.11 bits per heavy atom. The Balaban J connectivity index is 2.83. The van der Waals surface area contributed by atoms with Gasteiger partial charge >= 0.3 is 0 Å². The summed E-state index contributed by atoms with van der Waals surface area (Å²) in [7, 11) is 3.56. The number of rotatable bonds is 6. The van der Waals surface area contributed by atoms with Gasteiger partial charge in [-0.3, -0.25) is 4.90 Å². The maximum atomic E-state index is 9.78. The van der Waals surface area contributed by atoms with E-state index in [2.05, 4.69) is 4.90 Å². The third-order valence-corrected chi connectivity index (χ3v) is 2.86. The maximum Gasteiger partial charge on any atom is 0.129 e. The third kappa shape index (κ3) is 5.14. The highest BCUT2D eigenvalue weighted by atomic mass is 32.1. The average molecular weight is 282 g/mol. The lowest BCUT2D eigenvalue weighted by atomic mass is 10.1. The summed E-state index contributed by atoms with van der Waals surface area (Å²) in [6, 6.07) is 5.77. The lowest BCUT2D eigenvalue weighted by Gasteiger charge is -2.25. The zero-order valence-corrected chi connectivity index (χ0v) is 12.8. The van der Waals surface area contributed by atoms with Crippen molar-refractivity contribution in [3.8, 4) is 5.75 Å². The molecule has 0 aliphatic rings. The van der Waals surface area contributed by atoms with Crippen LogP contribution in [-0.2, 0) is 6.54 Å². The molecule has 3 N–H and O–H groups in total. The van der Waals surface area contributed by atoms with Crippen LogP contribution < -0.4 is 10.5 Å². The highest BCUT2D eigenvalue weighted by molar-refractivity contribution is 7.80. The van der Waals surface area contributed by atoms with Crippen LogP contribution >= 0.6 is 12.2 Å². The van der Waals surface area contributed by atoms with E-state index in [4.69, 9.17) is 22.7 Å². The topological polar surface area (TPSA) is 58.7 Å². The van der Waals surface area contributed by atoms with Crippen LogP contribution in [0.25, 0.3) is 0 Å². The number of methoxy groups -OCH3 is 1. The average Bonchev–Trinajstić information content (AvgIpc) is 2.25. The molecule has 0 aromatic heterocycles. The van der Waals surface area contributed by atoms with Gasteiger partial charge in [-0.25, -0.2) is 0 Å². The number of aliphatic hydroxyl groups is 1. The van der Waals surface area contributed by atoms with Gasteiger partial charge in [-0.15, -0.1) is 0 Å². The lowest BCUT2D eigenvalue weighted by molar-refractivity contribution is 0.0425. The Labute approximate surface area is 120 Å². The fourth-order valence-electron chi connectivity index (χ4n) is 2.07. The van der Waals surface area contributed by atoms with Gasteiger partial charge in [-0.1, -0.05) is 18.3 Å². The van der Waals surface area contributed by atoms with E-state index in [0.29, 0.717) is 17.3 Å². The molecule has 19 heavy (non-hydrogen) atoms. The molecule has 1 aromatic rings. The summed E-state index contributed by atoms with van der Waals surface area (Å²) in [6.45, 7) is 4.89. The van der Waals surface area contributed by atoms with E-state index in [0.717, 1.165) is 17.7 Å². The molecule has 0 radical (unpaired) electrons. The lowest BCUT2D eigenvalue weighted by Crippen LogP contribution is -2.35. The van der Waals surface area contributed by atoms with Crippen LogP contribution in [0.15, 0.2) is 18.2 Å². The second-order valence-corrected chi connectivity index (χ2v) is 5.82. The summed E-state index contributed by atoms with van der Waals surface area (Å²) >= 11 is 4.97. The first kappa shape index (κ1) is 15.9. The minimum atomic E-state index is -0.711. The molecule has 0 aliphatic carbocycles. The van der Waals surface area contributed by atoms with Crippen LogP contribution in [0.5, 0.6) is 5.75 Å². The van der Waals surface area contributed by atoms with Crippen molar-refractivity contribution in [2.75, 3.05) is 20.7 Å². The number of benzene rings is 1. The summed E-state index contributed by atoms with van der Waals surface area (Å²) in [6.07, 6.45) is 0. The SMILES string of the molecule is COc1cc(CN(C)CC(C)(C)O)ccc1C(N)=S. The van der Waals surface area contributed by atoms with Gasteiger partial charge in [0.15, 0.2) is 0 Å². The van der Waals surface area contributed by atoms with Gasteiger partial charge < -0.3 is 15.6 Å². The Hall–Kier alpha value is -1.17. The first-order chi connectivity index (χ1) is 8.73. The largest absolute Gasteiger partial charge is 0.496 e. The van der Waals surface area contributed by atoms with Crippen molar-refractivity contribution in [3.63, 3.8) is 0 Å². The summed E-state index contributed by atoms with van der Waals surface area (Å²) < 4.78 is 5.29. The Bertz CT molecular complexity index is 455. The van der Waals surface area contributed by atoms with Crippen molar-refractivity contribution >= 4 is 17.2 Å². The van der Waals surface area contributed by atoms with E-state index in [9.17, 15) is 5.11 Å². The van der Waals surface area contributed by atoms with Crippen molar-refractivity contribution in [1.82, 2.24) is 4.90 Å². The molecule has 0 saturated heterocycles. The van der Waals surface area contributed by atoms with Gasteiger partial charge in [0, 0.05) is 13.1 Å². The molecule has 0 fully saturated rings. The Morgan fingerprint density at radius 1 is 1.47 bits per heavy atom. The molecule has 1 rings (SSSR count). The zero-order valence-electron chi connectivity index (χ0n) is 11.9. The van der Waals surface area contributed by atoms with Gasteiger partial charge in [-0.05, 0) is 38.6 Å². The van der Waals surface area contributed by atoms with E-state index >= 15 is 0 Å². The zero-order chi connectivity index (χ0) is 14.6. The molecule has 0 amide bonds. The first-order valence-electron chi connectivity index (χ1n) is 6.10. The quantitative estimate of drug-likeness (QED) is 0.775. The Morgan fingerprint density at radius 3 is 2.58 bits per heavy atom. The fourth-order valence-corrected chi connectivity index (χ4v) is 2.23. The third-order valence-electron chi connectivity index (χ3n) is 2.64. The van der Waals surface area contributed by atoms with E-state index < -0.39 is 5.60 Å². The van der Waals surface area contributed by atoms with Crippen LogP contribution in [0.3, 0.4) is 0 Å². The monoisotopic (exact) mass is 282 g/mol. The fraction of sp³-hybridized carbons (Fsp3) is 0.500. The number of nitrogens with two attached hydrogens (primary N) is 1. The number of nitrogens with zero attached hydrogens (tertiary/aromatic N) is 1. The van der Waals surface area contributed by atoms with Crippen LogP contribution in [0, 0.1) is 0 Å².